The Morgan fingerprint density at radius 3 is 2.00 bits per heavy atom. The molecule has 0 aromatic rings. The van der Waals surface area contributed by atoms with Gasteiger partial charge in [0.1, 0.15) is 0 Å². The van der Waals surface area contributed by atoms with E-state index in [0.717, 1.165) is 0 Å². The fourth-order valence-corrected chi connectivity index (χ4v) is 1.39. The average molecular weight is 198 g/mol. The highest BCUT2D eigenvalue weighted by molar-refractivity contribution is 7.80. The van der Waals surface area contributed by atoms with Gasteiger partial charge in [0.25, 0.3) is 0 Å². The van der Waals surface area contributed by atoms with E-state index in [0.29, 0.717) is 0 Å². The maximum absolute atomic E-state index is 10.3. The molecule has 0 aromatic carbocycles. The molecule has 0 aliphatic rings. The predicted molar refractivity (Wildman–Crippen MR) is 42.9 cm³/mol. The van der Waals surface area contributed by atoms with Crippen molar-refractivity contribution in [2.24, 2.45) is 0 Å². The van der Waals surface area contributed by atoms with Gasteiger partial charge in [-0.1, -0.05) is 0 Å². The molecule has 0 aliphatic carbocycles. The zero-order chi connectivity index (χ0) is 9.99. The van der Waals surface area contributed by atoms with E-state index >= 15 is 0 Å². The molecule has 5 nitrogen and oxygen atoms in total. The third-order valence-electron chi connectivity index (χ3n) is 0.826. The van der Waals surface area contributed by atoms with Crippen molar-refractivity contribution in [1.82, 2.24) is 0 Å². The van der Waals surface area contributed by atoms with Gasteiger partial charge in [0.15, 0.2) is 5.79 Å². The Morgan fingerprint density at radius 1 is 1.33 bits per heavy atom. The SMILES string of the molecule is CC(C)OC(C)(C)OS(=O)(=O)O. The minimum atomic E-state index is -4.45. The molecule has 12 heavy (non-hydrogen) atoms. The second kappa shape index (κ2) is 3.69. The normalized spacial score (nSPS) is 13.8. The summed E-state index contributed by atoms with van der Waals surface area (Å²) in [5.41, 5.74) is 0. The number of rotatable bonds is 4. The zero-order valence-corrected chi connectivity index (χ0v) is 8.38. The van der Waals surface area contributed by atoms with E-state index in [1.54, 1.807) is 13.8 Å². The molecule has 0 spiro atoms. The van der Waals surface area contributed by atoms with Crippen LogP contribution in [-0.2, 0) is 19.3 Å². The summed E-state index contributed by atoms with van der Waals surface area (Å²) in [7, 11) is -4.45. The first-order valence-corrected chi connectivity index (χ1v) is 4.85. The molecule has 0 fully saturated rings. The lowest BCUT2D eigenvalue weighted by molar-refractivity contribution is -0.179. The fraction of sp³-hybridized carbons (Fsp3) is 1.00. The Bertz CT molecular complexity index is 228. The van der Waals surface area contributed by atoms with Crippen LogP contribution in [0.2, 0.25) is 0 Å². The summed E-state index contributed by atoms with van der Waals surface area (Å²) in [6, 6.07) is 0. The standard InChI is InChI=1S/C6H14O5S/c1-5(2)10-6(3,4)11-12(7,8)9/h5H,1-4H3,(H,7,8,9). The van der Waals surface area contributed by atoms with Crippen LogP contribution in [0, 0.1) is 0 Å². The Morgan fingerprint density at radius 2 is 1.75 bits per heavy atom. The van der Waals surface area contributed by atoms with E-state index in [9.17, 15) is 8.42 Å². The third-order valence-corrected chi connectivity index (χ3v) is 1.44. The van der Waals surface area contributed by atoms with Gasteiger partial charge in [-0.2, -0.15) is 8.42 Å². The molecular formula is C6H14O5S. The minimum absolute atomic E-state index is 0.179. The Labute approximate surface area is 72.6 Å². The second-order valence-electron chi connectivity index (χ2n) is 3.08. The van der Waals surface area contributed by atoms with Gasteiger partial charge in [0.05, 0.1) is 6.10 Å². The molecule has 74 valence electrons. The molecule has 0 saturated heterocycles. The van der Waals surface area contributed by atoms with Crippen LogP contribution < -0.4 is 0 Å². The smallest absolute Gasteiger partial charge is 0.347 e. The van der Waals surface area contributed by atoms with Gasteiger partial charge in [0, 0.05) is 0 Å². The molecule has 6 heteroatoms. The van der Waals surface area contributed by atoms with Gasteiger partial charge in [-0.05, 0) is 27.7 Å². The van der Waals surface area contributed by atoms with Crippen molar-refractivity contribution in [3.8, 4) is 0 Å². The van der Waals surface area contributed by atoms with E-state index in [-0.39, 0.29) is 6.10 Å². The molecule has 0 rings (SSSR count). The molecule has 0 aliphatic heterocycles. The quantitative estimate of drug-likeness (QED) is 0.538. The van der Waals surface area contributed by atoms with Crippen molar-refractivity contribution < 1.29 is 21.9 Å². The predicted octanol–water partition coefficient (Wildman–Crippen LogP) is 0.967. The molecular weight excluding hydrogens is 184 g/mol. The summed E-state index contributed by atoms with van der Waals surface area (Å²) in [5, 5.41) is 0. The van der Waals surface area contributed by atoms with Crippen LogP contribution in [0.1, 0.15) is 27.7 Å². The van der Waals surface area contributed by atoms with E-state index in [1.807, 2.05) is 0 Å². The van der Waals surface area contributed by atoms with Gasteiger partial charge in [-0.25, -0.2) is 4.18 Å². The van der Waals surface area contributed by atoms with Gasteiger partial charge in [-0.15, -0.1) is 0 Å². The highest BCUT2D eigenvalue weighted by Crippen LogP contribution is 2.15. The maximum atomic E-state index is 10.3. The minimum Gasteiger partial charge on any atom is -0.347 e. The summed E-state index contributed by atoms with van der Waals surface area (Å²) >= 11 is 0. The first-order chi connectivity index (χ1) is 5.12. The van der Waals surface area contributed by atoms with E-state index in [4.69, 9.17) is 9.29 Å². The van der Waals surface area contributed by atoms with Crippen LogP contribution in [0.5, 0.6) is 0 Å². The van der Waals surface area contributed by atoms with Crippen LogP contribution in [-0.4, -0.2) is 24.9 Å². The van der Waals surface area contributed by atoms with Crippen LogP contribution in [0.4, 0.5) is 0 Å². The number of hydrogen-bond donors (Lipinski definition) is 1. The van der Waals surface area contributed by atoms with E-state index in [2.05, 4.69) is 4.18 Å². The van der Waals surface area contributed by atoms with Crippen molar-refractivity contribution in [2.75, 3.05) is 0 Å². The maximum Gasteiger partial charge on any atom is 0.400 e. The molecule has 0 atom stereocenters. The van der Waals surface area contributed by atoms with E-state index < -0.39 is 16.2 Å². The lowest BCUT2D eigenvalue weighted by Crippen LogP contribution is -2.33. The van der Waals surface area contributed by atoms with Gasteiger partial charge in [0.2, 0.25) is 0 Å². The molecule has 0 amide bonds. The Kier molecular flexibility index (Phi) is 3.64. The van der Waals surface area contributed by atoms with Gasteiger partial charge < -0.3 is 4.74 Å². The molecule has 0 saturated carbocycles. The first kappa shape index (κ1) is 11.8. The zero-order valence-electron chi connectivity index (χ0n) is 7.57. The number of ether oxygens (including phenoxy) is 1. The lowest BCUT2D eigenvalue weighted by atomic mass is 10.3. The van der Waals surface area contributed by atoms with Gasteiger partial charge >= 0.3 is 10.4 Å². The molecule has 0 radical (unpaired) electrons. The van der Waals surface area contributed by atoms with Crippen LogP contribution in [0.3, 0.4) is 0 Å². The monoisotopic (exact) mass is 198 g/mol. The topological polar surface area (TPSA) is 72.8 Å². The summed E-state index contributed by atoms with van der Waals surface area (Å²) < 4.78 is 38.2. The summed E-state index contributed by atoms with van der Waals surface area (Å²) in [6.07, 6.45) is -0.179. The van der Waals surface area contributed by atoms with Crippen LogP contribution >= 0.6 is 0 Å². The van der Waals surface area contributed by atoms with Crippen LogP contribution in [0.15, 0.2) is 0 Å². The summed E-state index contributed by atoms with van der Waals surface area (Å²) in [5.74, 6) is -1.33. The Balaban J connectivity index is 4.23. The average Bonchev–Trinajstić information content (AvgIpc) is 1.48. The summed E-state index contributed by atoms with van der Waals surface area (Å²) in [6.45, 7) is 6.27. The molecule has 0 unspecified atom stereocenters. The molecule has 0 aromatic heterocycles. The van der Waals surface area contributed by atoms with Crippen molar-refractivity contribution in [3.63, 3.8) is 0 Å². The lowest BCUT2D eigenvalue weighted by Gasteiger charge is -2.25. The van der Waals surface area contributed by atoms with Gasteiger partial charge in [-0.3, -0.25) is 4.55 Å². The Hall–Kier alpha value is -0.170. The fourth-order valence-electron chi connectivity index (χ4n) is 0.841. The van der Waals surface area contributed by atoms with Crippen molar-refractivity contribution in [1.29, 1.82) is 0 Å². The first-order valence-electron chi connectivity index (χ1n) is 3.48. The molecule has 0 bridgehead atoms. The molecule has 0 heterocycles. The molecule has 1 N–H and O–H groups in total. The van der Waals surface area contributed by atoms with E-state index in [1.165, 1.54) is 13.8 Å². The third kappa shape index (κ3) is 6.53. The van der Waals surface area contributed by atoms with Crippen molar-refractivity contribution in [3.05, 3.63) is 0 Å². The second-order valence-corrected chi connectivity index (χ2v) is 4.10. The van der Waals surface area contributed by atoms with Crippen molar-refractivity contribution in [2.45, 2.75) is 39.6 Å². The number of hydrogen-bond acceptors (Lipinski definition) is 4. The van der Waals surface area contributed by atoms with Crippen LogP contribution in [0.25, 0.3) is 0 Å². The van der Waals surface area contributed by atoms with Crippen molar-refractivity contribution >= 4 is 10.4 Å². The summed E-state index contributed by atoms with van der Waals surface area (Å²) in [4.78, 5) is 0. The highest BCUT2D eigenvalue weighted by Gasteiger charge is 2.27. The highest BCUT2D eigenvalue weighted by atomic mass is 32.3. The largest absolute Gasteiger partial charge is 0.400 e.